The van der Waals surface area contributed by atoms with Crippen molar-refractivity contribution in [1.29, 1.82) is 0 Å². The van der Waals surface area contributed by atoms with Crippen molar-refractivity contribution in [2.75, 3.05) is 6.79 Å². The molecule has 3 nitrogen and oxygen atoms in total. The van der Waals surface area contributed by atoms with E-state index in [2.05, 4.69) is 0 Å². The Labute approximate surface area is 119 Å². The second kappa shape index (κ2) is 4.35. The monoisotopic (exact) mass is 282 g/mol. The highest BCUT2D eigenvalue weighted by Gasteiger charge is 2.14. The Hall–Kier alpha value is -2.33. The van der Waals surface area contributed by atoms with Gasteiger partial charge in [0.2, 0.25) is 11.5 Å². The lowest BCUT2D eigenvalue weighted by Gasteiger charge is -2.04. The zero-order chi connectivity index (χ0) is 13.5. The summed E-state index contributed by atoms with van der Waals surface area (Å²) in [6.45, 7) is 0.257. The fourth-order valence-corrected chi connectivity index (χ4v) is 3.25. The molecule has 98 valence electrons. The van der Waals surface area contributed by atoms with Crippen LogP contribution in [0.5, 0.6) is 11.5 Å². The zero-order valence-corrected chi connectivity index (χ0v) is 11.3. The minimum absolute atomic E-state index is 0.0794. The van der Waals surface area contributed by atoms with E-state index in [4.69, 9.17) is 9.47 Å². The molecular formula is C16H10O3S. The van der Waals surface area contributed by atoms with E-state index >= 15 is 0 Å². The van der Waals surface area contributed by atoms with Crippen LogP contribution in [0.4, 0.5) is 0 Å². The van der Waals surface area contributed by atoms with Crippen LogP contribution in [0, 0.1) is 0 Å². The van der Waals surface area contributed by atoms with Crippen LogP contribution < -0.4 is 14.2 Å². The summed E-state index contributed by atoms with van der Waals surface area (Å²) in [7, 11) is 0. The van der Waals surface area contributed by atoms with Crippen LogP contribution in [0.25, 0.3) is 21.2 Å². The average molecular weight is 282 g/mol. The number of ether oxygens (including phenoxy) is 2. The first kappa shape index (κ1) is 11.5. The molecule has 2 heterocycles. The molecule has 0 saturated carbocycles. The second-order valence-electron chi connectivity index (χ2n) is 4.55. The maximum atomic E-state index is 12.2. The van der Waals surface area contributed by atoms with Crippen molar-refractivity contribution in [2.45, 2.75) is 0 Å². The van der Waals surface area contributed by atoms with Gasteiger partial charge in [-0.1, -0.05) is 29.5 Å². The normalized spacial score (nSPS) is 12.8. The maximum Gasteiger partial charge on any atom is 0.240 e. The summed E-state index contributed by atoms with van der Waals surface area (Å²) in [6.07, 6.45) is 0. The highest BCUT2D eigenvalue weighted by molar-refractivity contribution is 7.13. The van der Waals surface area contributed by atoms with Gasteiger partial charge in [-0.05, 0) is 41.3 Å². The fourth-order valence-electron chi connectivity index (χ4n) is 2.33. The molecule has 1 aliphatic rings. The highest BCUT2D eigenvalue weighted by Crippen LogP contribution is 2.37. The Balaban J connectivity index is 1.92. The molecule has 0 aliphatic carbocycles. The molecular weight excluding hydrogens is 272 g/mol. The molecule has 0 saturated heterocycles. The largest absolute Gasteiger partial charge is 0.454 e. The molecule has 4 heteroatoms. The first-order chi connectivity index (χ1) is 9.81. The molecule has 0 N–H and O–H groups in total. The SMILES string of the molecule is O=c1sc(-c2ccc3c(c2)OCO3)cc2ccccc12. The number of benzene rings is 2. The van der Waals surface area contributed by atoms with Crippen molar-refractivity contribution < 1.29 is 9.47 Å². The van der Waals surface area contributed by atoms with Crippen LogP contribution in [0.1, 0.15) is 0 Å². The molecule has 0 amide bonds. The van der Waals surface area contributed by atoms with Crippen LogP contribution in [0.15, 0.2) is 53.3 Å². The van der Waals surface area contributed by atoms with Gasteiger partial charge in [0.15, 0.2) is 11.5 Å². The molecule has 0 fully saturated rings. The smallest absolute Gasteiger partial charge is 0.240 e. The molecule has 3 aromatic rings. The molecule has 2 aromatic carbocycles. The molecule has 20 heavy (non-hydrogen) atoms. The van der Waals surface area contributed by atoms with Crippen LogP contribution in [-0.4, -0.2) is 6.79 Å². The summed E-state index contributed by atoms with van der Waals surface area (Å²) in [5.74, 6) is 1.48. The Morgan fingerprint density at radius 3 is 2.75 bits per heavy atom. The van der Waals surface area contributed by atoms with Gasteiger partial charge in [-0.3, -0.25) is 4.79 Å². The van der Waals surface area contributed by atoms with Crippen LogP contribution in [0.2, 0.25) is 0 Å². The average Bonchev–Trinajstić information content (AvgIpc) is 2.94. The molecule has 0 radical (unpaired) electrons. The van der Waals surface area contributed by atoms with Crippen LogP contribution >= 0.6 is 11.3 Å². The van der Waals surface area contributed by atoms with Crippen molar-refractivity contribution in [3.63, 3.8) is 0 Å². The predicted octanol–water partition coefficient (Wildman–Crippen LogP) is 3.66. The summed E-state index contributed by atoms with van der Waals surface area (Å²) in [4.78, 5) is 13.1. The molecule has 4 rings (SSSR count). The number of rotatable bonds is 1. The summed E-state index contributed by atoms with van der Waals surface area (Å²) < 4.78 is 10.8. The lowest BCUT2D eigenvalue weighted by molar-refractivity contribution is 0.174. The van der Waals surface area contributed by atoms with Gasteiger partial charge < -0.3 is 9.47 Å². The Morgan fingerprint density at radius 1 is 0.950 bits per heavy atom. The standard InChI is InChI=1S/C16H10O3S/c17-16-12-4-2-1-3-10(12)8-15(20-16)11-5-6-13-14(7-11)19-9-18-13/h1-8H,9H2. The zero-order valence-electron chi connectivity index (χ0n) is 10.5. The van der Waals surface area contributed by atoms with Gasteiger partial charge in [-0.25, -0.2) is 0 Å². The molecule has 1 aliphatic heterocycles. The summed E-state index contributed by atoms with van der Waals surface area (Å²) >= 11 is 1.25. The molecule has 1 aromatic heterocycles. The van der Waals surface area contributed by atoms with Crippen molar-refractivity contribution in [1.82, 2.24) is 0 Å². The number of hydrogen-bond donors (Lipinski definition) is 0. The summed E-state index contributed by atoms with van der Waals surface area (Å²) in [5.41, 5.74) is 0.974. The fraction of sp³-hybridized carbons (Fsp3) is 0.0625. The Kier molecular flexibility index (Phi) is 2.50. The van der Waals surface area contributed by atoms with Crippen molar-refractivity contribution in [3.05, 3.63) is 58.1 Å². The van der Waals surface area contributed by atoms with Gasteiger partial charge in [0.1, 0.15) is 0 Å². The van der Waals surface area contributed by atoms with E-state index in [0.29, 0.717) is 0 Å². The quantitative estimate of drug-likeness (QED) is 0.683. The van der Waals surface area contributed by atoms with Crippen molar-refractivity contribution in [2.24, 2.45) is 0 Å². The van der Waals surface area contributed by atoms with Gasteiger partial charge in [-0.15, -0.1) is 0 Å². The van der Waals surface area contributed by atoms with E-state index in [0.717, 1.165) is 32.7 Å². The minimum Gasteiger partial charge on any atom is -0.454 e. The molecule has 0 unspecified atom stereocenters. The van der Waals surface area contributed by atoms with Gasteiger partial charge in [-0.2, -0.15) is 0 Å². The first-order valence-electron chi connectivity index (χ1n) is 6.24. The number of hydrogen-bond acceptors (Lipinski definition) is 4. The lowest BCUT2D eigenvalue weighted by Crippen LogP contribution is -1.95. The van der Waals surface area contributed by atoms with Crippen LogP contribution in [0.3, 0.4) is 0 Å². The third kappa shape index (κ3) is 1.77. The predicted molar refractivity (Wildman–Crippen MR) is 79.7 cm³/mol. The highest BCUT2D eigenvalue weighted by atomic mass is 32.1. The third-order valence-electron chi connectivity index (χ3n) is 3.33. The topological polar surface area (TPSA) is 35.5 Å². The second-order valence-corrected chi connectivity index (χ2v) is 5.57. The van der Waals surface area contributed by atoms with Gasteiger partial charge in [0.05, 0.1) is 0 Å². The van der Waals surface area contributed by atoms with E-state index in [1.807, 2.05) is 48.5 Å². The van der Waals surface area contributed by atoms with Crippen molar-refractivity contribution in [3.8, 4) is 21.9 Å². The Morgan fingerprint density at radius 2 is 1.80 bits per heavy atom. The van der Waals surface area contributed by atoms with E-state index in [1.165, 1.54) is 11.3 Å². The van der Waals surface area contributed by atoms with E-state index in [1.54, 1.807) is 0 Å². The number of fused-ring (bicyclic) bond motifs is 2. The minimum atomic E-state index is 0.0794. The van der Waals surface area contributed by atoms with Gasteiger partial charge >= 0.3 is 0 Å². The van der Waals surface area contributed by atoms with Crippen LogP contribution in [-0.2, 0) is 0 Å². The third-order valence-corrected chi connectivity index (χ3v) is 4.31. The van der Waals surface area contributed by atoms with E-state index in [9.17, 15) is 4.79 Å². The Bertz CT molecular complexity index is 867. The van der Waals surface area contributed by atoms with Gasteiger partial charge in [0, 0.05) is 10.3 Å². The van der Waals surface area contributed by atoms with E-state index < -0.39 is 0 Å². The first-order valence-corrected chi connectivity index (χ1v) is 7.06. The maximum absolute atomic E-state index is 12.2. The van der Waals surface area contributed by atoms with Gasteiger partial charge in [0.25, 0.3) is 0 Å². The summed E-state index contributed by atoms with van der Waals surface area (Å²) in [5, 5.41) is 1.73. The van der Waals surface area contributed by atoms with Crippen molar-refractivity contribution >= 4 is 22.1 Å². The lowest BCUT2D eigenvalue weighted by atomic mass is 10.1. The van der Waals surface area contributed by atoms with E-state index in [-0.39, 0.29) is 11.5 Å². The molecule has 0 bridgehead atoms. The summed E-state index contributed by atoms with van der Waals surface area (Å²) in [6, 6.07) is 15.4. The molecule has 0 spiro atoms. The molecule has 0 atom stereocenters.